The Morgan fingerprint density at radius 3 is 2.67 bits per heavy atom. The van der Waals surface area contributed by atoms with E-state index in [1.54, 1.807) is 7.11 Å². The molecular weight excluding hydrogens is 270 g/mol. The van der Waals surface area contributed by atoms with Gasteiger partial charge in [-0.25, -0.2) is 0 Å². The molecule has 18 heavy (non-hydrogen) atoms. The first-order valence-corrected chi connectivity index (χ1v) is 7.88. The number of halogens is 1. The van der Waals surface area contributed by atoms with Gasteiger partial charge in [0.25, 0.3) is 0 Å². The molecule has 0 aromatic heterocycles. The molecule has 0 spiro atoms. The van der Waals surface area contributed by atoms with Crippen molar-refractivity contribution in [1.29, 1.82) is 0 Å². The first-order chi connectivity index (χ1) is 8.72. The number of benzene rings is 1. The van der Waals surface area contributed by atoms with Gasteiger partial charge in [0.1, 0.15) is 0 Å². The van der Waals surface area contributed by atoms with Crippen molar-refractivity contribution in [1.82, 2.24) is 5.32 Å². The van der Waals surface area contributed by atoms with Crippen molar-refractivity contribution in [2.75, 3.05) is 32.6 Å². The molecule has 0 bridgehead atoms. The third kappa shape index (κ3) is 7.11. The van der Waals surface area contributed by atoms with E-state index in [2.05, 4.69) is 5.32 Å². The Morgan fingerprint density at radius 1 is 1.28 bits per heavy atom. The third-order valence-corrected chi connectivity index (χ3v) is 4.10. The van der Waals surface area contributed by atoms with E-state index in [1.165, 1.54) is 0 Å². The zero-order valence-electron chi connectivity index (χ0n) is 10.7. The van der Waals surface area contributed by atoms with Gasteiger partial charge in [-0.15, -0.1) is 0 Å². The summed E-state index contributed by atoms with van der Waals surface area (Å²) in [6.45, 7) is 2.45. The highest BCUT2D eigenvalue weighted by atomic mass is 35.5. The molecular formula is C13H20ClNO2S. The second kappa shape index (κ2) is 9.50. The molecule has 1 aromatic carbocycles. The number of nitrogens with one attached hydrogen (secondary N) is 1. The van der Waals surface area contributed by atoms with Gasteiger partial charge in [0.05, 0.1) is 6.61 Å². The predicted molar refractivity (Wildman–Crippen MR) is 77.5 cm³/mol. The molecule has 0 heterocycles. The van der Waals surface area contributed by atoms with Crippen molar-refractivity contribution in [2.24, 2.45) is 0 Å². The first-order valence-electron chi connectivity index (χ1n) is 6.01. The van der Waals surface area contributed by atoms with Gasteiger partial charge in [0.2, 0.25) is 0 Å². The molecule has 0 saturated heterocycles. The lowest BCUT2D eigenvalue weighted by Crippen LogP contribution is -2.21. The number of rotatable bonds is 9. The van der Waals surface area contributed by atoms with Crippen molar-refractivity contribution in [2.45, 2.75) is 12.2 Å². The fourth-order valence-corrected chi connectivity index (χ4v) is 2.80. The van der Waals surface area contributed by atoms with E-state index in [0.29, 0.717) is 17.4 Å². The lowest BCUT2D eigenvalue weighted by atomic mass is 10.2. The Kier molecular flexibility index (Phi) is 8.25. The number of hydrogen-bond donors (Lipinski definition) is 1. The Balaban J connectivity index is 2.12. The van der Waals surface area contributed by atoms with Crippen LogP contribution in [0.15, 0.2) is 24.3 Å². The smallest absolute Gasteiger partial charge is 0.0587 e. The summed E-state index contributed by atoms with van der Waals surface area (Å²) >= 11 is 5.80. The van der Waals surface area contributed by atoms with Crippen LogP contribution in [0.5, 0.6) is 0 Å². The summed E-state index contributed by atoms with van der Waals surface area (Å²) in [6, 6.07) is 7.52. The maximum atomic E-state index is 11.8. The van der Waals surface area contributed by atoms with Crippen molar-refractivity contribution in [3.8, 4) is 0 Å². The van der Waals surface area contributed by atoms with E-state index in [0.717, 1.165) is 30.8 Å². The minimum Gasteiger partial charge on any atom is -0.383 e. The second-order valence-electron chi connectivity index (χ2n) is 4.01. The van der Waals surface area contributed by atoms with Gasteiger partial charge >= 0.3 is 0 Å². The van der Waals surface area contributed by atoms with E-state index in [9.17, 15) is 4.21 Å². The van der Waals surface area contributed by atoms with Crippen LogP contribution in [-0.4, -0.2) is 36.8 Å². The van der Waals surface area contributed by atoms with Crippen molar-refractivity contribution < 1.29 is 8.95 Å². The summed E-state index contributed by atoms with van der Waals surface area (Å²) in [7, 11) is 0.884. The Morgan fingerprint density at radius 2 is 2.00 bits per heavy atom. The highest BCUT2D eigenvalue weighted by molar-refractivity contribution is 7.84. The molecule has 0 saturated carbocycles. The average molecular weight is 290 g/mol. The summed E-state index contributed by atoms with van der Waals surface area (Å²) in [4.78, 5) is 0. The van der Waals surface area contributed by atoms with Crippen LogP contribution in [0, 0.1) is 0 Å². The van der Waals surface area contributed by atoms with Crippen LogP contribution in [0.3, 0.4) is 0 Å². The topological polar surface area (TPSA) is 38.3 Å². The predicted octanol–water partition coefficient (Wildman–Crippen LogP) is 2.21. The Hall–Kier alpha value is -0.420. The van der Waals surface area contributed by atoms with Crippen LogP contribution in [0.25, 0.3) is 0 Å². The summed E-state index contributed by atoms with van der Waals surface area (Å²) in [5.41, 5.74) is 1.07. The van der Waals surface area contributed by atoms with Crippen LogP contribution in [0.1, 0.15) is 12.0 Å². The molecule has 0 radical (unpaired) electrons. The molecule has 0 aliphatic heterocycles. The fourth-order valence-electron chi connectivity index (χ4n) is 1.50. The van der Waals surface area contributed by atoms with Crippen LogP contribution in [0.2, 0.25) is 5.02 Å². The third-order valence-electron chi connectivity index (χ3n) is 2.45. The first kappa shape index (κ1) is 15.6. The lowest BCUT2D eigenvalue weighted by molar-refractivity contribution is 0.199. The maximum Gasteiger partial charge on any atom is 0.0587 e. The second-order valence-corrected chi connectivity index (χ2v) is 6.02. The number of hydrogen-bond acceptors (Lipinski definition) is 3. The van der Waals surface area contributed by atoms with Crippen molar-refractivity contribution in [3.05, 3.63) is 34.9 Å². The van der Waals surface area contributed by atoms with Gasteiger partial charge in [-0.3, -0.25) is 4.21 Å². The molecule has 1 rings (SSSR count). The summed E-state index contributed by atoms with van der Waals surface area (Å²) < 4.78 is 16.7. The van der Waals surface area contributed by atoms with Crippen molar-refractivity contribution >= 4 is 22.4 Å². The molecule has 1 aromatic rings. The monoisotopic (exact) mass is 289 g/mol. The molecule has 3 nitrogen and oxygen atoms in total. The van der Waals surface area contributed by atoms with E-state index in [1.807, 2.05) is 24.3 Å². The molecule has 1 unspecified atom stereocenters. The molecule has 0 aliphatic carbocycles. The van der Waals surface area contributed by atoms with Gasteiger partial charge < -0.3 is 10.1 Å². The van der Waals surface area contributed by atoms with Crippen LogP contribution >= 0.6 is 11.6 Å². The highest BCUT2D eigenvalue weighted by Gasteiger charge is 2.01. The van der Waals surface area contributed by atoms with Gasteiger partial charge in [-0.2, -0.15) is 0 Å². The normalized spacial score (nSPS) is 12.6. The summed E-state index contributed by atoms with van der Waals surface area (Å²) in [5.74, 6) is 1.33. The molecule has 0 aliphatic rings. The van der Waals surface area contributed by atoms with E-state index in [4.69, 9.17) is 16.3 Å². The number of ether oxygens (including phenoxy) is 1. The zero-order chi connectivity index (χ0) is 13.2. The quantitative estimate of drug-likeness (QED) is 0.709. The van der Waals surface area contributed by atoms with Crippen LogP contribution in [0.4, 0.5) is 0 Å². The molecule has 5 heteroatoms. The van der Waals surface area contributed by atoms with Gasteiger partial charge in [-0.05, 0) is 30.7 Å². The maximum absolute atomic E-state index is 11.8. The summed E-state index contributed by atoms with van der Waals surface area (Å²) in [5, 5.41) is 3.95. The largest absolute Gasteiger partial charge is 0.383 e. The molecule has 102 valence electrons. The van der Waals surface area contributed by atoms with Crippen LogP contribution < -0.4 is 5.32 Å². The summed E-state index contributed by atoms with van der Waals surface area (Å²) in [6.07, 6.45) is 0.921. The fraction of sp³-hybridized carbons (Fsp3) is 0.538. The zero-order valence-corrected chi connectivity index (χ0v) is 12.2. The molecule has 0 fully saturated rings. The van der Waals surface area contributed by atoms with E-state index in [-0.39, 0.29) is 0 Å². The minimum atomic E-state index is -0.799. The van der Waals surface area contributed by atoms with Gasteiger partial charge in [0.15, 0.2) is 0 Å². The number of methoxy groups -OCH3 is 1. The molecule has 1 N–H and O–H groups in total. The molecule has 0 amide bonds. The highest BCUT2D eigenvalue weighted by Crippen LogP contribution is 2.11. The van der Waals surface area contributed by atoms with E-state index >= 15 is 0 Å². The van der Waals surface area contributed by atoms with E-state index < -0.39 is 10.8 Å². The standard InChI is InChI=1S/C13H20ClNO2S/c1-17-9-8-15-7-2-10-18(16)11-12-3-5-13(14)6-4-12/h3-6,15H,2,7-11H2,1H3. The molecule has 1 atom stereocenters. The van der Waals surface area contributed by atoms with Crippen LogP contribution in [-0.2, 0) is 21.3 Å². The SMILES string of the molecule is COCCNCCCS(=O)Cc1ccc(Cl)cc1. The van der Waals surface area contributed by atoms with Gasteiger partial charge in [0, 0.05) is 41.0 Å². The Labute approximate surface area is 116 Å². The average Bonchev–Trinajstić information content (AvgIpc) is 2.36. The Bertz CT molecular complexity index is 357. The van der Waals surface area contributed by atoms with Gasteiger partial charge in [-0.1, -0.05) is 23.7 Å². The van der Waals surface area contributed by atoms with Crippen molar-refractivity contribution in [3.63, 3.8) is 0 Å². The minimum absolute atomic E-state index is 0.606. The lowest BCUT2D eigenvalue weighted by Gasteiger charge is -2.05.